The number of rotatable bonds is 4. The quantitative estimate of drug-likeness (QED) is 0.424. The van der Waals surface area contributed by atoms with E-state index >= 15 is 0 Å². The van der Waals surface area contributed by atoms with Gasteiger partial charge in [-0.25, -0.2) is 14.4 Å². The van der Waals surface area contributed by atoms with E-state index in [9.17, 15) is 14.0 Å². The van der Waals surface area contributed by atoms with Crippen LogP contribution in [-0.2, 0) is 9.59 Å². The lowest BCUT2D eigenvalue weighted by Gasteiger charge is -2.36. The number of aryl methyl sites for hydroxylation is 1. The number of carbonyl (C=O) groups is 2. The number of fused-ring (bicyclic) bond motifs is 1. The van der Waals surface area contributed by atoms with Gasteiger partial charge >= 0.3 is 0 Å². The molecule has 2 saturated heterocycles. The van der Waals surface area contributed by atoms with E-state index in [-0.39, 0.29) is 30.0 Å². The smallest absolute Gasteiger partial charge is 0.228 e. The third-order valence-electron chi connectivity index (χ3n) is 7.00. The average molecular weight is 501 g/mol. The fraction of sp³-hybridized carbons (Fsp3) is 0.308. The Morgan fingerprint density at radius 3 is 2.38 bits per heavy atom. The molecule has 4 aromatic rings. The topological polar surface area (TPSA) is 100 Å². The van der Waals surface area contributed by atoms with Gasteiger partial charge in [0, 0.05) is 44.8 Å². The van der Waals surface area contributed by atoms with Gasteiger partial charge in [0.1, 0.15) is 12.1 Å². The molecule has 11 heteroatoms. The lowest BCUT2D eigenvalue weighted by atomic mass is 10.1. The second-order valence-corrected chi connectivity index (χ2v) is 9.40. The summed E-state index contributed by atoms with van der Waals surface area (Å²) in [6, 6.07) is 13.7. The first-order chi connectivity index (χ1) is 18.0. The molecule has 2 aromatic heterocycles. The summed E-state index contributed by atoms with van der Waals surface area (Å²) < 4.78 is 14.9. The molecule has 10 nitrogen and oxygen atoms in total. The Kier molecular flexibility index (Phi) is 5.74. The van der Waals surface area contributed by atoms with Crippen molar-refractivity contribution >= 4 is 34.5 Å². The lowest BCUT2D eigenvalue weighted by Crippen LogP contribution is -2.51. The average Bonchev–Trinajstić information content (AvgIpc) is 3.53. The number of anilines is 2. The number of hydrogen-bond donors (Lipinski definition) is 0. The first-order valence-corrected chi connectivity index (χ1v) is 12.2. The number of amides is 2. The normalized spacial score (nSPS) is 18.2. The summed E-state index contributed by atoms with van der Waals surface area (Å²) in [6.45, 7) is 4.59. The maximum atomic E-state index is 13.3. The predicted molar refractivity (Wildman–Crippen MR) is 135 cm³/mol. The highest BCUT2D eigenvalue weighted by Crippen LogP contribution is 2.28. The van der Waals surface area contributed by atoms with Crippen molar-refractivity contribution in [2.24, 2.45) is 5.92 Å². The van der Waals surface area contributed by atoms with E-state index in [2.05, 4.69) is 25.2 Å². The van der Waals surface area contributed by atoms with Crippen LogP contribution in [0.25, 0.3) is 16.9 Å². The van der Waals surface area contributed by atoms with Gasteiger partial charge in [-0.2, -0.15) is 4.68 Å². The molecule has 0 aliphatic carbocycles. The molecule has 0 spiro atoms. The Bertz CT molecular complexity index is 1460. The van der Waals surface area contributed by atoms with Gasteiger partial charge < -0.3 is 14.7 Å². The fourth-order valence-electron chi connectivity index (χ4n) is 4.97. The van der Waals surface area contributed by atoms with Crippen molar-refractivity contribution in [1.29, 1.82) is 0 Å². The van der Waals surface area contributed by atoms with Gasteiger partial charge in [0.25, 0.3) is 0 Å². The van der Waals surface area contributed by atoms with Crippen LogP contribution in [0, 0.1) is 18.7 Å². The number of nitrogens with zero attached hydrogens (tertiary/aromatic N) is 8. The summed E-state index contributed by atoms with van der Waals surface area (Å²) in [5, 5.41) is 8.49. The summed E-state index contributed by atoms with van der Waals surface area (Å²) in [7, 11) is 0. The van der Waals surface area contributed by atoms with Crippen molar-refractivity contribution < 1.29 is 14.0 Å². The van der Waals surface area contributed by atoms with E-state index in [0.29, 0.717) is 55.4 Å². The molecule has 37 heavy (non-hydrogen) atoms. The molecule has 2 aliphatic rings. The fourth-order valence-corrected chi connectivity index (χ4v) is 4.97. The summed E-state index contributed by atoms with van der Waals surface area (Å²) >= 11 is 0. The summed E-state index contributed by atoms with van der Waals surface area (Å²) in [6.07, 6.45) is 1.69. The molecule has 2 aliphatic heterocycles. The number of carbonyl (C=O) groups excluding carboxylic acids is 2. The van der Waals surface area contributed by atoms with Crippen LogP contribution < -0.4 is 9.80 Å². The van der Waals surface area contributed by atoms with Crippen LogP contribution in [0.2, 0.25) is 0 Å². The minimum Gasteiger partial charge on any atom is -0.351 e. The molecule has 2 amide bonds. The Balaban J connectivity index is 1.13. The first-order valence-electron chi connectivity index (χ1n) is 12.2. The maximum Gasteiger partial charge on any atom is 0.228 e. The Labute approximate surface area is 212 Å². The van der Waals surface area contributed by atoms with Crippen molar-refractivity contribution in [1.82, 2.24) is 29.9 Å². The highest BCUT2D eigenvalue weighted by atomic mass is 19.1. The summed E-state index contributed by atoms with van der Waals surface area (Å²) in [4.78, 5) is 40.3. The van der Waals surface area contributed by atoms with Gasteiger partial charge in [-0.05, 0) is 43.3 Å². The van der Waals surface area contributed by atoms with Crippen LogP contribution in [0.1, 0.15) is 12.0 Å². The second kappa shape index (κ2) is 9.23. The minimum atomic E-state index is -0.346. The van der Waals surface area contributed by atoms with Crippen LogP contribution in [0.3, 0.4) is 0 Å². The van der Waals surface area contributed by atoms with E-state index < -0.39 is 0 Å². The molecule has 1 unspecified atom stereocenters. The van der Waals surface area contributed by atoms with Crippen LogP contribution >= 0.6 is 0 Å². The van der Waals surface area contributed by atoms with Gasteiger partial charge in [-0.15, -0.1) is 5.10 Å². The largest absolute Gasteiger partial charge is 0.351 e. The molecule has 6 rings (SSSR count). The first kappa shape index (κ1) is 23.0. The number of aromatic nitrogens is 5. The minimum absolute atomic E-state index is 0.0118. The van der Waals surface area contributed by atoms with Crippen molar-refractivity contribution in [3.05, 3.63) is 66.2 Å². The molecular weight excluding hydrogens is 475 g/mol. The maximum absolute atomic E-state index is 13.3. The Hall–Kier alpha value is -4.41. The Morgan fingerprint density at radius 2 is 1.65 bits per heavy atom. The molecule has 1 atom stereocenters. The van der Waals surface area contributed by atoms with Crippen molar-refractivity contribution in [2.45, 2.75) is 13.3 Å². The number of halogens is 1. The van der Waals surface area contributed by atoms with E-state index in [1.807, 2.05) is 36.1 Å². The van der Waals surface area contributed by atoms with Gasteiger partial charge in [-0.3, -0.25) is 9.59 Å². The number of benzene rings is 2. The second-order valence-electron chi connectivity index (χ2n) is 9.40. The van der Waals surface area contributed by atoms with E-state index in [0.717, 1.165) is 11.3 Å². The van der Waals surface area contributed by atoms with Crippen LogP contribution in [-0.4, -0.2) is 74.4 Å². The predicted octanol–water partition coefficient (Wildman–Crippen LogP) is 2.36. The highest BCUT2D eigenvalue weighted by molar-refractivity contribution is 6.00. The zero-order chi connectivity index (χ0) is 25.5. The molecule has 0 saturated carbocycles. The number of piperazine rings is 1. The standard InChI is InChI=1S/C26H25FN8O2/c1-17-2-6-20(7-3-17)34-15-18(14-22(34)36)26(37)33-12-10-32(11-13-33)24-23-25(29-16-28-24)35(31-30-23)21-8-4-19(27)5-9-21/h2-9,16,18H,10-15H2,1H3. The number of hydrogen-bond acceptors (Lipinski definition) is 7. The van der Waals surface area contributed by atoms with Crippen molar-refractivity contribution in [3.8, 4) is 5.69 Å². The zero-order valence-electron chi connectivity index (χ0n) is 20.3. The van der Waals surface area contributed by atoms with Gasteiger partial charge in [0.15, 0.2) is 17.0 Å². The van der Waals surface area contributed by atoms with E-state index in [1.165, 1.54) is 18.5 Å². The monoisotopic (exact) mass is 500 g/mol. The molecule has 188 valence electrons. The molecular formula is C26H25FN8O2. The van der Waals surface area contributed by atoms with Gasteiger partial charge in [0.2, 0.25) is 11.8 Å². The Morgan fingerprint density at radius 1 is 0.946 bits per heavy atom. The van der Waals surface area contributed by atoms with Crippen LogP contribution in [0.15, 0.2) is 54.9 Å². The summed E-state index contributed by atoms with van der Waals surface area (Å²) in [5.41, 5.74) is 3.67. The van der Waals surface area contributed by atoms with E-state index in [4.69, 9.17) is 0 Å². The highest BCUT2D eigenvalue weighted by Gasteiger charge is 2.38. The van der Waals surface area contributed by atoms with Crippen LogP contribution in [0.4, 0.5) is 15.9 Å². The molecule has 4 heterocycles. The van der Waals surface area contributed by atoms with Crippen molar-refractivity contribution in [2.75, 3.05) is 42.5 Å². The SMILES string of the molecule is Cc1ccc(N2CC(C(=O)N3CCN(c4ncnc5c4nnn5-c4ccc(F)cc4)CC3)CC2=O)cc1. The summed E-state index contributed by atoms with van der Waals surface area (Å²) in [5.74, 6) is -0.0411. The van der Waals surface area contributed by atoms with Crippen LogP contribution in [0.5, 0.6) is 0 Å². The van der Waals surface area contributed by atoms with Gasteiger partial charge in [-0.1, -0.05) is 22.9 Å². The molecule has 0 radical (unpaired) electrons. The molecule has 0 N–H and O–H groups in total. The third-order valence-corrected chi connectivity index (χ3v) is 7.00. The molecule has 2 fully saturated rings. The molecule has 2 aromatic carbocycles. The van der Waals surface area contributed by atoms with Crippen molar-refractivity contribution in [3.63, 3.8) is 0 Å². The molecule has 0 bridgehead atoms. The third kappa shape index (κ3) is 4.26. The zero-order valence-corrected chi connectivity index (χ0v) is 20.3. The van der Waals surface area contributed by atoms with Gasteiger partial charge in [0.05, 0.1) is 11.6 Å². The van der Waals surface area contributed by atoms with E-state index in [1.54, 1.807) is 21.7 Å². The lowest BCUT2D eigenvalue weighted by molar-refractivity contribution is -0.136.